The summed E-state index contributed by atoms with van der Waals surface area (Å²) in [6.07, 6.45) is -5.25. The van der Waals surface area contributed by atoms with Crippen molar-refractivity contribution in [2.24, 2.45) is 0 Å². The van der Waals surface area contributed by atoms with E-state index in [4.69, 9.17) is 21.8 Å². The second-order valence-electron chi connectivity index (χ2n) is 8.12. The van der Waals surface area contributed by atoms with E-state index in [1.165, 1.54) is 18.2 Å². The second kappa shape index (κ2) is 12.3. The molecule has 7 nitrogen and oxygen atoms in total. The van der Waals surface area contributed by atoms with Crippen LogP contribution in [0.5, 0.6) is 5.75 Å². The number of phenols is 1. The van der Waals surface area contributed by atoms with Gasteiger partial charge in [0, 0.05) is 52.4 Å². The van der Waals surface area contributed by atoms with Gasteiger partial charge in [0.05, 0.1) is 29.8 Å². The first-order valence-electron chi connectivity index (χ1n) is 11.1. The number of hydrogen-bond donors (Lipinski definition) is 5. The summed E-state index contributed by atoms with van der Waals surface area (Å²) >= 11 is 7.05. The number of nitrogens with one attached hydrogen (secondary N) is 1. The van der Waals surface area contributed by atoms with Crippen LogP contribution in [0.25, 0.3) is 22.0 Å². The maximum absolute atomic E-state index is 13.5. The van der Waals surface area contributed by atoms with Crippen molar-refractivity contribution in [3.63, 3.8) is 0 Å². The van der Waals surface area contributed by atoms with Gasteiger partial charge in [-0.1, -0.05) is 11.6 Å². The normalized spacial score (nSPS) is 13.0. The number of halogens is 4. The van der Waals surface area contributed by atoms with Gasteiger partial charge in [-0.15, -0.1) is 11.8 Å². The first-order chi connectivity index (χ1) is 17.0. The highest BCUT2D eigenvalue weighted by molar-refractivity contribution is 7.99. The minimum absolute atomic E-state index is 0.0287. The Labute approximate surface area is 214 Å². The number of H-pyrrole nitrogens is 1. The van der Waals surface area contributed by atoms with Crippen LogP contribution < -0.4 is 5.56 Å². The molecule has 0 radical (unpaired) electrons. The number of aromatic hydroxyl groups is 1. The fraction of sp³-hybridized carbons (Fsp3) is 0.375. The maximum Gasteiger partial charge on any atom is 0.416 e. The van der Waals surface area contributed by atoms with E-state index in [0.717, 1.165) is 30.0 Å². The van der Waals surface area contributed by atoms with E-state index in [-0.39, 0.29) is 63.1 Å². The van der Waals surface area contributed by atoms with Crippen molar-refractivity contribution in [1.29, 1.82) is 0 Å². The molecule has 1 unspecified atom stereocenters. The first-order valence-corrected chi connectivity index (χ1v) is 12.4. The van der Waals surface area contributed by atoms with Crippen LogP contribution in [0.4, 0.5) is 13.2 Å². The fourth-order valence-corrected chi connectivity index (χ4v) is 5.02. The van der Waals surface area contributed by atoms with Crippen molar-refractivity contribution < 1.29 is 33.6 Å². The number of aromatic nitrogens is 1. The zero-order valence-corrected chi connectivity index (χ0v) is 20.6. The number of fused-ring (bicyclic) bond motifs is 1. The third kappa shape index (κ3) is 6.93. The number of aliphatic hydroxyl groups is 3. The SMILES string of the molecule is O=c1[nH]c2ccc(C(F)(F)F)cc2c(-c2cc(Cl)ccc2O)c1SCC(O)CCN(CCO)CCO. The number of phenolic OH excluding ortho intramolecular Hbond substituents is 1. The van der Waals surface area contributed by atoms with Gasteiger partial charge in [-0.3, -0.25) is 9.69 Å². The lowest BCUT2D eigenvalue weighted by Crippen LogP contribution is -2.33. The van der Waals surface area contributed by atoms with Crippen LogP contribution >= 0.6 is 23.4 Å². The lowest BCUT2D eigenvalue weighted by molar-refractivity contribution is -0.137. The van der Waals surface area contributed by atoms with Crippen LogP contribution in [-0.4, -0.2) is 75.0 Å². The lowest BCUT2D eigenvalue weighted by Gasteiger charge is -2.22. The summed E-state index contributed by atoms with van der Waals surface area (Å²) in [7, 11) is 0. The Balaban J connectivity index is 2.02. The number of rotatable bonds is 11. The molecular formula is C24H26ClF3N2O5S. The van der Waals surface area contributed by atoms with Gasteiger partial charge < -0.3 is 25.4 Å². The smallest absolute Gasteiger partial charge is 0.416 e. The average Bonchev–Trinajstić information content (AvgIpc) is 2.82. The molecule has 0 bridgehead atoms. The van der Waals surface area contributed by atoms with Gasteiger partial charge in [0.1, 0.15) is 5.75 Å². The van der Waals surface area contributed by atoms with Crippen LogP contribution in [-0.2, 0) is 6.18 Å². The summed E-state index contributed by atoms with van der Waals surface area (Å²) < 4.78 is 40.4. The summed E-state index contributed by atoms with van der Waals surface area (Å²) in [6, 6.07) is 7.00. The Morgan fingerprint density at radius 2 is 1.75 bits per heavy atom. The van der Waals surface area contributed by atoms with Crippen LogP contribution in [0.1, 0.15) is 12.0 Å². The van der Waals surface area contributed by atoms with E-state index in [1.54, 1.807) is 4.90 Å². The third-order valence-electron chi connectivity index (χ3n) is 5.56. The zero-order chi connectivity index (χ0) is 26.5. The van der Waals surface area contributed by atoms with Crippen molar-refractivity contribution in [3.05, 3.63) is 57.3 Å². The number of pyridine rings is 1. The predicted molar refractivity (Wildman–Crippen MR) is 134 cm³/mol. The number of hydrogen-bond acceptors (Lipinski definition) is 7. The number of aliphatic hydroxyl groups excluding tert-OH is 3. The summed E-state index contributed by atoms with van der Waals surface area (Å²) in [6.45, 7) is 0.816. The van der Waals surface area contributed by atoms with Crippen LogP contribution in [0, 0.1) is 0 Å². The van der Waals surface area contributed by atoms with E-state index in [9.17, 15) is 28.2 Å². The van der Waals surface area contributed by atoms with Crippen molar-refractivity contribution in [1.82, 2.24) is 9.88 Å². The van der Waals surface area contributed by atoms with Crippen molar-refractivity contribution in [2.75, 3.05) is 38.6 Å². The molecule has 36 heavy (non-hydrogen) atoms. The summed E-state index contributed by atoms with van der Waals surface area (Å²) in [5.74, 6) is -0.233. The van der Waals surface area contributed by atoms with E-state index >= 15 is 0 Å². The van der Waals surface area contributed by atoms with E-state index in [1.807, 2.05) is 0 Å². The molecule has 196 valence electrons. The Hall–Kier alpha value is -2.28. The van der Waals surface area contributed by atoms with Crippen molar-refractivity contribution in [2.45, 2.75) is 23.6 Å². The lowest BCUT2D eigenvalue weighted by atomic mass is 9.98. The molecule has 0 saturated carbocycles. The molecule has 0 fully saturated rings. The molecule has 1 heterocycles. The maximum atomic E-state index is 13.5. The summed E-state index contributed by atoms with van der Waals surface area (Å²) in [5.41, 5.74) is -1.19. The number of benzene rings is 2. The highest BCUT2D eigenvalue weighted by Gasteiger charge is 2.31. The second-order valence-corrected chi connectivity index (χ2v) is 9.59. The van der Waals surface area contributed by atoms with E-state index in [0.29, 0.717) is 19.6 Å². The first kappa shape index (κ1) is 28.3. The van der Waals surface area contributed by atoms with Gasteiger partial charge in [-0.25, -0.2) is 0 Å². The van der Waals surface area contributed by atoms with Crippen LogP contribution in [0.15, 0.2) is 46.1 Å². The highest BCUT2D eigenvalue weighted by Crippen LogP contribution is 2.42. The zero-order valence-electron chi connectivity index (χ0n) is 19.1. The molecule has 0 aliphatic carbocycles. The fourth-order valence-electron chi connectivity index (χ4n) is 3.78. The van der Waals surface area contributed by atoms with Crippen molar-refractivity contribution in [3.8, 4) is 16.9 Å². The molecule has 12 heteroatoms. The van der Waals surface area contributed by atoms with Gasteiger partial charge in [-0.2, -0.15) is 13.2 Å². The van der Waals surface area contributed by atoms with Gasteiger partial charge in [-0.05, 0) is 42.8 Å². The quantitative estimate of drug-likeness (QED) is 0.233. The molecule has 0 saturated heterocycles. The van der Waals surface area contributed by atoms with E-state index < -0.39 is 23.4 Å². The Kier molecular flexibility index (Phi) is 9.67. The Bertz CT molecular complexity index is 1250. The third-order valence-corrected chi connectivity index (χ3v) is 7.02. The standard InChI is InChI=1S/C24H26ClF3N2O5S/c25-15-2-4-20(34)18(12-15)21-17-11-14(24(26,27)28)1-3-19(17)29-23(35)22(21)36-13-16(33)5-6-30(7-9-31)8-10-32/h1-4,11-12,16,31-34H,5-10,13H2,(H,29,35). The molecule has 5 N–H and O–H groups in total. The molecule has 3 aromatic rings. The molecule has 0 amide bonds. The Morgan fingerprint density at radius 3 is 2.39 bits per heavy atom. The van der Waals surface area contributed by atoms with Gasteiger partial charge in [0.15, 0.2) is 0 Å². The molecule has 0 aliphatic rings. The number of thioether (sulfide) groups is 1. The highest BCUT2D eigenvalue weighted by atomic mass is 35.5. The molecule has 3 rings (SSSR count). The van der Waals surface area contributed by atoms with Gasteiger partial charge >= 0.3 is 6.18 Å². The summed E-state index contributed by atoms with van der Waals surface area (Å²) in [4.78, 5) is 17.4. The molecule has 0 spiro atoms. The topological polar surface area (TPSA) is 117 Å². The molecule has 1 atom stereocenters. The molecular weight excluding hydrogens is 521 g/mol. The van der Waals surface area contributed by atoms with Crippen LogP contribution in [0.3, 0.4) is 0 Å². The number of aromatic amines is 1. The molecule has 0 aliphatic heterocycles. The molecule has 2 aromatic carbocycles. The predicted octanol–water partition coefficient (Wildman–Crippen LogP) is 3.70. The van der Waals surface area contributed by atoms with Gasteiger partial charge in [0.25, 0.3) is 5.56 Å². The minimum atomic E-state index is -4.63. The van der Waals surface area contributed by atoms with Gasteiger partial charge in [0.2, 0.25) is 0 Å². The Morgan fingerprint density at radius 1 is 1.06 bits per heavy atom. The molecule has 1 aromatic heterocycles. The largest absolute Gasteiger partial charge is 0.507 e. The number of alkyl halides is 3. The number of nitrogens with zero attached hydrogens (tertiary/aromatic N) is 1. The van der Waals surface area contributed by atoms with E-state index in [2.05, 4.69) is 4.98 Å². The minimum Gasteiger partial charge on any atom is -0.507 e. The summed E-state index contributed by atoms with van der Waals surface area (Å²) in [5, 5.41) is 39.5. The average molecular weight is 547 g/mol. The van der Waals surface area contributed by atoms with Crippen LogP contribution in [0.2, 0.25) is 5.02 Å². The van der Waals surface area contributed by atoms with Crippen molar-refractivity contribution >= 4 is 34.3 Å². The monoisotopic (exact) mass is 546 g/mol.